The van der Waals surface area contributed by atoms with Gasteiger partial charge < -0.3 is 15.4 Å². The Morgan fingerprint density at radius 2 is 2.00 bits per heavy atom. The summed E-state index contributed by atoms with van der Waals surface area (Å²) in [4.78, 5) is 28.4. The monoisotopic (exact) mass is 245 g/mol. The lowest BCUT2D eigenvalue weighted by molar-refractivity contribution is -0.139. The molecule has 6 heteroatoms. The molecule has 2 aromatic rings. The van der Waals surface area contributed by atoms with Gasteiger partial charge in [0.2, 0.25) is 5.91 Å². The highest BCUT2D eigenvalue weighted by atomic mass is 16.4. The van der Waals surface area contributed by atoms with Crippen molar-refractivity contribution in [2.75, 3.05) is 5.32 Å². The van der Waals surface area contributed by atoms with Gasteiger partial charge in [-0.15, -0.1) is 0 Å². The Morgan fingerprint density at radius 1 is 1.28 bits per heavy atom. The van der Waals surface area contributed by atoms with Crippen molar-refractivity contribution in [3.8, 4) is 11.3 Å². The van der Waals surface area contributed by atoms with Crippen LogP contribution in [0.15, 0.2) is 36.8 Å². The topological polar surface area (TPSA) is 95.1 Å². The normalized spacial score (nSPS) is 10.0. The lowest BCUT2D eigenvalue weighted by Crippen LogP contribution is -2.15. The number of anilines is 1. The average molecular weight is 245 g/mol. The lowest BCUT2D eigenvalue weighted by Gasteiger charge is -2.04. The van der Waals surface area contributed by atoms with Crippen molar-refractivity contribution >= 4 is 17.6 Å². The molecule has 2 rings (SSSR count). The Balaban J connectivity index is 2.04. The van der Waals surface area contributed by atoms with Crippen molar-refractivity contribution in [2.24, 2.45) is 0 Å². The zero-order valence-corrected chi connectivity index (χ0v) is 9.38. The van der Waals surface area contributed by atoms with Gasteiger partial charge in [0, 0.05) is 5.69 Å². The molecule has 1 aromatic carbocycles. The number of aromatic amines is 1. The smallest absolute Gasteiger partial charge is 0.312 e. The molecule has 6 nitrogen and oxygen atoms in total. The summed E-state index contributed by atoms with van der Waals surface area (Å²) >= 11 is 0. The molecule has 0 saturated carbocycles. The zero-order valence-electron chi connectivity index (χ0n) is 9.38. The Hall–Kier alpha value is -2.63. The molecule has 1 aromatic heterocycles. The van der Waals surface area contributed by atoms with E-state index in [2.05, 4.69) is 15.3 Å². The van der Waals surface area contributed by atoms with Crippen LogP contribution in [-0.2, 0) is 9.59 Å². The second-order valence-electron chi connectivity index (χ2n) is 3.66. The van der Waals surface area contributed by atoms with E-state index in [4.69, 9.17) is 5.11 Å². The quantitative estimate of drug-likeness (QED) is 0.711. The van der Waals surface area contributed by atoms with E-state index in [1.165, 1.54) is 0 Å². The molecular weight excluding hydrogens is 234 g/mol. The predicted octanol–water partition coefficient (Wildman–Crippen LogP) is 1.49. The number of aromatic nitrogens is 2. The minimum atomic E-state index is -1.15. The summed E-state index contributed by atoms with van der Waals surface area (Å²) in [6.45, 7) is 0. The van der Waals surface area contributed by atoms with Gasteiger partial charge in [-0.1, -0.05) is 12.1 Å². The highest BCUT2D eigenvalue weighted by Crippen LogP contribution is 2.18. The maximum Gasteiger partial charge on any atom is 0.312 e. The first-order chi connectivity index (χ1) is 8.65. The molecule has 0 aliphatic heterocycles. The highest BCUT2D eigenvalue weighted by molar-refractivity contribution is 6.01. The van der Waals surface area contributed by atoms with Gasteiger partial charge in [-0.25, -0.2) is 4.98 Å². The van der Waals surface area contributed by atoms with Gasteiger partial charge in [0.1, 0.15) is 6.42 Å². The number of imidazole rings is 1. The van der Waals surface area contributed by atoms with E-state index in [1.54, 1.807) is 24.7 Å². The van der Waals surface area contributed by atoms with Gasteiger partial charge in [-0.05, 0) is 17.7 Å². The Morgan fingerprint density at radius 3 is 2.56 bits per heavy atom. The van der Waals surface area contributed by atoms with Gasteiger partial charge in [-0.2, -0.15) is 0 Å². The zero-order chi connectivity index (χ0) is 13.0. The van der Waals surface area contributed by atoms with Gasteiger partial charge in [-0.3, -0.25) is 9.59 Å². The molecule has 1 heterocycles. The number of hydrogen-bond acceptors (Lipinski definition) is 3. The second kappa shape index (κ2) is 5.13. The van der Waals surface area contributed by atoms with Crippen molar-refractivity contribution in [2.45, 2.75) is 6.42 Å². The third-order valence-electron chi connectivity index (χ3n) is 2.29. The van der Waals surface area contributed by atoms with Crippen molar-refractivity contribution in [3.63, 3.8) is 0 Å². The number of nitrogens with one attached hydrogen (secondary N) is 2. The maximum absolute atomic E-state index is 11.2. The number of carboxylic acid groups (broad SMARTS) is 1. The molecule has 0 unspecified atom stereocenters. The number of nitrogens with zero attached hydrogens (tertiary/aromatic N) is 1. The standard InChI is InChI=1S/C12H11N3O3/c16-11(5-12(17)18)15-9-3-1-8(2-4-9)10-6-13-7-14-10/h1-4,6-7H,5H2,(H,13,14)(H,15,16)(H,17,18). The highest BCUT2D eigenvalue weighted by Gasteiger charge is 2.07. The number of H-pyrrole nitrogens is 1. The van der Waals surface area contributed by atoms with Gasteiger partial charge in [0.15, 0.2) is 0 Å². The predicted molar refractivity (Wildman–Crippen MR) is 64.9 cm³/mol. The summed E-state index contributed by atoms with van der Waals surface area (Å²) in [6, 6.07) is 7.03. The molecule has 1 amide bonds. The minimum Gasteiger partial charge on any atom is -0.481 e. The molecular formula is C12H11N3O3. The largest absolute Gasteiger partial charge is 0.481 e. The van der Waals surface area contributed by atoms with Gasteiger partial charge >= 0.3 is 5.97 Å². The van der Waals surface area contributed by atoms with Gasteiger partial charge in [0.25, 0.3) is 0 Å². The van der Waals surface area contributed by atoms with E-state index in [0.29, 0.717) is 5.69 Å². The fourth-order valence-corrected chi connectivity index (χ4v) is 1.49. The summed E-state index contributed by atoms with van der Waals surface area (Å²) in [7, 11) is 0. The molecule has 0 saturated heterocycles. The Kier molecular flexibility index (Phi) is 3.38. The van der Waals surface area contributed by atoms with Crippen LogP contribution in [0.4, 0.5) is 5.69 Å². The molecule has 0 spiro atoms. The molecule has 0 radical (unpaired) electrons. The fraction of sp³-hybridized carbons (Fsp3) is 0.0833. The second-order valence-corrected chi connectivity index (χ2v) is 3.66. The number of hydrogen-bond donors (Lipinski definition) is 3. The van der Waals surface area contributed by atoms with Crippen LogP contribution in [-0.4, -0.2) is 27.0 Å². The summed E-state index contributed by atoms with van der Waals surface area (Å²) < 4.78 is 0. The molecule has 92 valence electrons. The number of rotatable bonds is 4. The fourth-order valence-electron chi connectivity index (χ4n) is 1.49. The summed E-state index contributed by atoms with van der Waals surface area (Å²) in [5, 5.41) is 11.0. The Bertz CT molecular complexity index is 546. The molecule has 3 N–H and O–H groups in total. The van der Waals surface area contributed by atoms with E-state index in [-0.39, 0.29) is 0 Å². The van der Waals surface area contributed by atoms with E-state index in [9.17, 15) is 9.59 Å². The first-order valence-electron chi connectivity index (χ1n) is 5.25. The number of carboxylic acids is 1. The first-order valence-corrected chi connectivity index (χ1v) is 5.25. The maximum atomic E-state index is 11.2. The molecule has 0 atom stereocenters. The van der Waals surface area contributed by atoms with E-state index in [0.717, 1.165) is 11.3 Å². The molecule has 0 aliphatic rings. The van der Waals surface area contributed by atoms with Crippen molar-refractivity contribution in [3.05, 3.63) is 36.8 Å². The molecule has 0 bridgehead atoms. The summed E-state index contributed by atoms with van der Waals surface area (Å²) in [5.74, 6) is -1.70. The minimum absolute atomic E-state index is 0.539. The van der Waals surface area contributed by atoms with Crippen LogP contribution >= 0.6 is 0 Å². The van der Waals surface area contributed by atoms with E-state index >= 15 is 0 Å². The molecule has 18 heavy (non-hydrogen) atoms. The summed E-state index contributed by atoms with van der Waals surface area (Å²) in [5.41, 5.74) is 2.37. The number of amides is 1. The van der Waals surface area contributed by atoms with Crippen LogP contribution in [0.1, 0.15) is 6.42 Å². The van der Waals surface area contributed by atoms with Crippen LogP contribution in [0.5, 0.6) is 0 Å². The molecule has 0 aliphatic carbocycles. The van der Waals surface area contributed by atoms with Crippen LogP contribution in [0, 0.1) is 0 Å². The third-order valence-corrected chi connectivity index (χ3v) is 2.29. The number of carbonyl (C=O) groups excluding carboxylic acids is 1. The van der Waals surface area contributed by atoms with E-state index < -0.39 is 18.3 Å². The average Bonchev–Trinajstić information content (AvgIpc) is 2.82. The van der Waals surface area contributed by atoms with E-state index in [1.807, 2.05) is 12.1 Å². The third kappa shape index (κ3) is 2.94. The van der Waals surface area contributed by atoms with Crippen molar-refractivity contribution in [1.82, 2.24) is 9.97 Å². The van der Waals surface area contributed by atoms with Gasteiger partial charge in [0.05, 0.1) is 18.2 Å². The van der Waals surface area contributed by atoms with Crippen LogP contribution in [0.3, 0.4) is 0 Å². The van der Waals surface area contributed by atoms with Crippen LogP contribution in [0.25, 0.3) is 11.3 Å². The lowest BCUT2D eigenvalue weighted by atomic mass is 10.1. The summed E-state index contributed by atoms with van der Waals surface area (Å²) in [6.07, 6.45) is 2.73. The van der Waals surface area contributed by atoms with Crippen molar-refractivity contribution < 1.29 is 14.7 Å². The SMILES string of the molecule is O=C(O)CC(=O)Nc1ccc(-c2cnc[nH]2)cc1. The van der Waals surface area contributed by atoms with Crippen LogP contribution in [0.2, 0.25) is 0 Å². The number of carbonyl (C=O) groups is 2. The number of aliphatic carboxylic acids is 1. The Labute approximate surface area is 103 Å². The van der Waals surface area contributed by atoms with Crippen molar-refractivity contribution in [1.29, 1.82) is 0 Å². The first kappa shape index (κ1) is 11.8. The number of benzene rings is 1. The van der Waals surface area contributed by atoms with Crippen LogP contribution < -0.4 is 5.32 Å². The molecule has 0 fully saturated rings.